The molecule has 0 N–H and O–H groups in total. The van der Waals surface area contributed by atoms with Gasteiger partial charge in [0.2, 0.25) is 0 Å². The molecular formula is C24H16ClNO2. The van der Waals surface area contributed by atoms with Crippen LogP contribution < -0.4 is 0 Å². The van der Waals surface area contributed by atoms with E-state index in [0.29, 0.717) is 10.6 Å². The van der Waals surface area contributed by atoms with Crippen molar-refractivity contribution in [3.8, 4) is 33.4 Å². The molecule has 0 saturated heterocycles. The zero-order valence-corrected chi connectivity index (χ0v) is 15.6. The molecule has 0 aliphatic carbocycles. The lowest BCUT2D eigenvalue weighted by atomic mass is 9.90. The number of hydrogen-bond donors (Lipinski definition) is 0. The summed E-state index contributed by atoms with van der Waals surface area (Å²) in [7, 11) is 0. The Bertz CT molecular complexity index is 1140. The zero-order valence-electron chi connectivity index (χ0n) is 14.9. The van der Waals surface area contributed by atoms with Gasteiger partial charge in [0.15, 0.2) is 0 Å². The van der Waals surface area contributed by atoms with E-state index >= 15 is 0 Å². The van der Waals surface area contributed by atoms with Gasteiger partial charge < -0.3 is 0 Å². The van der Waals surface area contributed by atoms with Crippen LogP contribution in [0.15, 0.2) is 97.1 Å². The van der Waals surface area contributed by atoms with Crippen LogP contribution in [-0.2, 0) is 0 Å². The van der Waals surface area contributed by atoms with Crippen molar-refractivity contribution >= 4 is 17.3 Å². The summed E-state index contributed by atoms with van der Waals surface area (Å²) < 4.78 is 0. The molecule has 0 unspecified atom stereocenters. The van der Waals surface area contributed by atoms with Gasteiger partial charge in [0, 0.05) is 11.1 Å². The number of nitro groups is 1. The van der Waals surface area contributed by atoms with E-state index in [4.69, 9.17) is 11.6 Å². The zero-order chi connectivity index (χ0) is 19.5. The summed E-state index contributed by atoms with van der Waals surface area (Å²) in [6, 6.07) is 30.5. The highest BCUT2D eigenvalue weighted by Gasteiger charge is 2.19. The molecule has 0 aromatic heterocycles. The molecule has 0 bridgehead atoms. The maximum atomic E-state index is 11.7. The van der Waals surface area contributed by atoms with Gasteiger partial charge in [-0.15, -0.1) is 0 Å². The Balaban J connectivity index is 2.01. The van der Waals surface area contributed by atoms with Gasteiger partial charge in [-0.25, -0.2) is 0 Å². The summed E-state index contributed by atoms with van der Waals surface area (Å²) in [5.74, 6) is 0. The van der Waals surface area contributed by atoms with E-state index in [9.17, 15) is 10.1 Å². The second kappa shape index (κ2) is 7.67. The normalized spacial score (nSPS) is 10.6. The molecule has 0 amide bonds. The number of nitro benzene ring substituents is 1. The highest BCUT2D eigenvalue weighted by atomic mass is 35.5. The third kappa shape index (κ3) is 3.53. The third-order valence-corrected chi connectivity index (χ3v) is 4.89. The molecule has 0 spiro atoms. The summed E-state index contributed by atoms with van der Waals surface area (Å²) >= 11 is 6.20. The van der Waals surface area contributed by atoms with Crippen LogP contribution in [-0.4, -0.2) is 4.92 Å². The van der Waals surface area contributed by atoms with Crippen molar-refractivity contribution in [2.45, 2.75) is 0 Å². The van der Waals surface area contributed by atoms with Crippen molar-refractivity contribution in [1.29, 1.82) is 0 Å². The van der Waals surface area contributed by atoms with E-state index in [1.54, 1.807) is 12.1 Å². The van der Waals surface area contributed by atoms with Crippen LogP contribution in [0.5, 0.6) is 0 Å². The molecule has 4 aromatic carbocycles. The first-order valence-electron chi connectivity index (χ1n) is 8.83. The number of benzene rings is 4. The molecule has 0 atom stereocenters. The van der Waals surface area contributed by atoms with Crippen molar-refractivity contribution in [3.05, 3.63) is 112 Å². The van der Waals surface area contributed by atoms with Gasteiger partial charge in [0.05, 0.1) is 10.5 Å². The summed E-state index contributed by atoms with van der Waals surface area (Å²) in [4.78, 5) is 11.3. The fourth-order valence-electron chi connectivity index (χ4n) is 3.33. The molecule has 0 aliphatic heterocycles. The second-order valence-corrected chi connectivity index (χ2v) is 6.85. The predicted octanol–water partition coefficient (Wildman–Crippen LogP) is 7.25. The Morgan fingerprint density at radius 1 is 0.607 bits per heavy atom. The van der Waals surface area contributed by atoms with Crippen LogP contribution in [0.1, 0.15) is 0 Å². The van der Waals surface area contributed by atoms with Gasteiger partial charge in [-0.1, -0.05) is 84.4 Å². The minimum atomic E-state index is -0.365. The summed E-state index contributed by atoms with van der Waals surface area (Å²) in [5.41, 5.74) is 5.28. The standard InChI is InChI=1S/C24H16ClNO2/c25-20-12-14-24(26(27)28)23(16-20)22-15-19(17-7-3-1-4-8-17)11-13-21(22)18-9-5-2-6-10-18/h1-16H. The van der Waals surface area contributed by atoms with Gasteiger partial charge >= 0.3 is 0 Å². The van der Waals surface area contributed by atoms with E-state index < -0.39 is 0 Å². The van der Waals surface area contributed by atoms with Crippen molar-refractivity contribution in [3.63, 3.8) is 0 Å². The van der Waals surface area contributed by atoms with E-state index in [1.165, 1.54) is 6.07 Å². The molecule has 0 heterocycles. The minimum absolute atomic E-state index is 0.0341. The maximum absolute atomic E-state index is 11.7. The van der Waals surface area contributed by atoms with Crippen molar-refractivity contribution in [2.24, 2.45) is 0 Å². The van der Waals surface area contributed by atoms with Crippen LogP contribution >= 0.6 is 11.6 Å². The molecule has 136 valence electrons. The van der Waals surface area contributed by atoms with Gasteiger partial charge in [-0.3, -0.25) is 10.1 Å². The fraction of sp³-hybridized carbons (Fsp3) is 0. The largest absolute Gasteiger partial charge is 0.277 e. The van der Waals surface area contributed by atoms with Gasteiger partial charge in [0.1, 0.15) is 0 Å². The highest BCUT2D eigenvalue weighted by molar-refractivity contribution is 6.31. The first kappa shape index (κ1) is 18.0. The van der Waals surface area contributed by atoms with Crippen molar-refractivity contribution in [1.82, 2.24) is 0 Å². The maximum Gasteiger partial charge on any atom is 0.277 e. The minimum Gasteiger partial charge on any atom is -0.258 e. The lowest BCUT2D eigenvalue weighted by Gasteiger charge is -2.14. The highest BCUT2D eigenvalue weighted by Crippen LogP contribution is 2.40. The van der Waals surface area contributed by atoms with Gasteiger partial charge in [-0.05, 0) is 46.0 Å². The van der Waals surface area contributed by atoms with Crippen LogP contribution in [0.4, 0.5) is 5.69 Å². The van der Waals surface area contributed by atoms with Crippen LogP contribution in [0, 0.1) is 10.1 Å². The number of halogens is 1. The molecule has 4 aromatic rings. The quantitative estimate of drug-likeness (QED) is 0.274. The molecule has 3 nitrogen and oxygen atoms in total. The molecule has 0 aliphatic rings. The Morgan fingerprint density at radius 3 is 1.89 bits per heavy atom. The van der Waals surface area contributed by atoms with Crippen LogP contribution in [0.2, 0.25) is 5.02 Å². The second-order valence-electron chi connectivity index (χ2n) is 6.41. The summed E-state index contributed by atoms with van der Waals surface area (Å²) in [6.07, 6.45) is 0. The molecule has 4 rings (SSSR count). The van der Waals surface area contributed by atoms with Crippen LogP contribution in [0.25, 0.3) is 33.4 Å². The van der Waals surface area contributed by atoms with E-state index in [1.807, 2.05) is 78.9 Å². The first-order chi connectivity index (χ1) is 13.6. The molecule has 0 fully saturated rings. The molecule has 0 radical (unpaired) electrons. The molecule has 28 heavy (non-hydrogen) atoms. The number of rotatable bonds is 4. The van der Waals surface area contributed by atoms with E-state index in [2.05, 4.69) is 0 Å². The van der Waals surface area contributed by atoms with E-state index in [0.717, 1.165) is 27.8 Å². The molecule has 4 heteroatoms. The average molecular weight is 386 g/mol. The van der Waals surface area contributed by atoms with Crippen molar-refractivity contribution in [2.75, 3.05) is 0 Å². The van der Waals surface area contributed by atoms with Gasteiger partial charge in [-0.2, -0.15) is 0 Å². The smallest absolute Gasteiger partial charge is 0.258 e. The Labute approximate surface area is 168 Å². The third-order valence-electron chi connectivity index (χ3n) is 4.66. The first-order valence-corrected chi connectivity index (χ1v) is 9.20. The monoisotopic (exact) mass is 385 g/mol. The topological polar surface area (TPSA) is 43.1 Å². The summed E-state index contributed by atoms with van der Waals surface area (Å²) in [5, 5.41) is 12.1. The predicted molar refractivity (Wildman–Crippen MR) is 114 cm³/mol. The number of hydrogen-bond acceptors (Lipinski definition) is 2. The Kier molecular flexibility index (Phi) is 4.92. The Hall–Kier alpha value is -3.43. The Morgan fingerprint density at radius 2 is 1.25 bits per heavy atom. The van der Waals surface area contributed by atoms with Crippen LogP contribution in [0.3, 0.4) is 0 Å². The molecule has 0 saturated carbocycles. The average Bonchev–Trinajstić information content (AvgIpc) is 2.74. The fourth-order valence-corrected chi connectivity index (χ4v) is 3.50. The van der Waals surface area contributed by atoms with Crippen molar-refractivity contribution < 1.29 is 4.92 Å². The van der Waals surface area contributed by atoms with Gasteiger partial charge in [0.25, 0.3) is 5.69 Å². The molecular weight excluding hydrogens is 370 g/mol. The lowest BCUT2D eigenvalue weighted by molar-refractivity contribution is -0.384. The SMILES string of the molecule is O=[N+]([O-])c1ccc(Cl)cc1-c1cc(-c2ccccc2)ccc1-c1ccccc1. The van der Waals surface area contributed by atoms with E-state index in [-0.39, 0.29) is 10.6 Å². The number of nitrogens with zero attached hydrogens (tertiary/aromatic N) is 1. The lowest BCUT2D eigenvalue weighted by Crippen LogP contribution is -1.94. The summed E-state index contributed by atoms with van der Waals surface area (Å²) in [6.45, 7) is 0.